The Morgan fingerprint density at radius 2 is 2.33 bits per heavy atom. The summed E-state index contributed by atoms with van der Waals surface area (Å²) >= 11 is 0. The highest BCUT2D eigenvalue weighted by Gasteiger charge is 1.98. The Bertz CT molecular complexity index is 300. The van der Waals surface area contributed by atoms with Crippen LogP contribution in [-0.2, 0) is 6.54 Å². The van der Waals surface area contributed by atoms with Gasteiger partial charge >= 0.3 is 0 Å². The average molecular weight is 162 g/mol. The lowest BCUT2D eigenvalue weighted by molar-refractivity contribution is 0.394. The van der Waals surface area contributed by atoms with E-state index in [4.69, 9.17) is 5.26 Å². The molecule has 0 spiro atoms. The van der Waals surface area contributed by atoms with Gasteiger partial charge in [-0.2, -0.15) is 15.5 Å². The molecule has 0 saturated heterocycles. The minimum atomic E-state index is 0.557. The van der Waals surface area contributed by atoms with E-state index >= 15 is 0 Å². The van der Waals surface area contributed by atoms with Crippen LogP contribution in [0.1, 0.15) is 11.3 Å². The zero-order chi connectivity index (χ0) is 8.97. The van der Waals surface area contributed by atoms with Crippen LogP contribution in [-0.4, -0.2) is 29.2 Å². The van der Waals surface area contributed by atoms with Gasteiger partial charge in [0.05, 0.1) is 17.5 Å². The molecule has 62 valence electrons. The molecule has 0 aliphatic heterocycles. The molecule has 12 heavy (non-hydrogen) atoms. The van der Waals surface area contributed by atoms with Crippen molar-refractivity contribution in [1.29, 1.82) is 5.26 Å². The number of rotatable bonds is 2. The molecule has 1 heterocycles. The third-order valence-electron chi connectivity index (χ3n) is 1.31. The Balaban J connectivity index is 2.81. The first kappa shape index (κ1) is 8.62. The molecule has 1 aromatic rings. The molecule has 0 N–H and O–H groups in total. The lowest BCUT2D eigenvalue weighted by atomic mass is 10.3. The third-order valence-corrected chi connectivity index (χ3v) is 1.31. The first-order chi connectivity index (χ1) is 5.72. The molecule has 0 fully saturated rings. The van der Waals surface area contributed by atoms with Crippen LogP contribution in [0.4, 0.5) is 0 Å². The van der Waals surface area contributed by atoms with E-state index in [1.807, 2.05) is 25.1 Å². The summed E-state index contributed by atoms with van der Waals surface area (Å²) in [5.74, 6) is 0. The van der Waals surface area contributed by atoms with Gasteiger partial charge in [0.2, 0.25) is 0 Å². The Morgan fingerprint density at radius 3 is 2.92 bits per heavy atom. The molecule has 1 rings (SSSR count). The number of nitriles is 1. The zero-order valence-corrected chi connectivity index (χ0v) is 7.15. The highest BCUT2D eigenvalue weighted by atomic mass is 15.1. The van der Waals surface area contributed by atoms with Crippen molar-refractivity contribution in [3.8, 4) is 6.07 Å². The summed E-state index contributed by atoms with van der Waals surface area (Å²) in [6.07, 6.45) is 1.46. The van der Waals surface area contributed by atoms with Gasteiger partial charge in [-0.05, 0) is 20.2 Å². The van der Waals surface area contributed by atoms with Crippen LogP contribution < -0.4 is 0 Å². The molecular formula is C8H10N4. The summed E-state index contributed by atoms with van der Waals surface area (Å²) in [7, 11) is 3.89. The van der Waals surface area contributed by atoms with Crippen LogP contribution in [0.2, 0.25) is 0 Å². The summed E-state index contributed by atoms with van der Waals surface area (Å²) in [6.45, 7) is 0.711. The fraction of sp³-hybridized carbons (Fsp3) is 0.375. The van der Waals surface area contributed by atoms with Gasteiger partial charge in [0.25, 0.3) is 0 Å². The Kier molecular flexibility index (Phi) is 2.72. The average Bonchev–Trinajstić information content (AvgIpc) is 2.03. The second kappa shape index (κ2) is 3.79. The lowest BCUT2D eigenvalue weighted by Crippen LogP contribution is -2.12. The fourth-order valence-corrected chi connectivity index (χ4v) is 0.873. The predicted molar refractivity (Wildman–Crippen MR) is 44.1 cm³/mol. The summed E-state index contributed by atoms with van der Waals surface area (Å²) in [5.41, 5.74) is 1.38. The van der Waals surface area contributed by atoms with Crippen molar-refractivity contribution in [1.82, 2.24) is 15.1 Å². The lowest BCUT2D eigenvalue weighted by Gasteiger charge is -2.07. The SMILES string of the molecule is CN(C)Cc1cc(C#N)cnn1. The van der Waals surface area contributed by atoms with Gasteiger partial charge in [-0.3, -0.25) is 0 Å². The smallest absolute Gasteiger partial charge is 0.101 e. The Labute approximate surface area is 71.5 Å². The van der Waals surface area contributed by atoms with Crippen molar-refractivity contribution in [3.05, 3.63) is 23.5 Å². The van der Waals surface area contributed by atoms with Crippen molar-refractivity contribution < 1.29 is 0 Å². The Morgan fingerprint density at radius 1 is 1.58 bits per heavy atom. The van der Waals surface area contributed by atoms with Gasteiger partial charge in [0.1, 0.15) is 6.07 Å². The monoisotopic (exact) mass is 162 g/mol. The molecular weight excluding hydrogens is 152 g/mol. The van der Waals surface area contributed by atoms with E-state index in [0.717, 1.165) is 5.69 Å². The fourth-order valence-electron chi connectivity index (χ4n) is 0.873. The molecule has 4 heteroatoms. The van der Waals surface area contributed by atoms with Crippen molar-refractivity contribution in [2.45, 2.75) is 6.54 Å². The van der Waals surface area contributed by atoms with E-state index in [1.54, 1.807) is 6.07 Å². The summed E-state index contributed by atoms with van der Waals surface area (Å²) < 4.78 is 0. The van der Waals surface area contributed by atoms with Crippen LogP contribution in [0.3, 0.4) is 0 Å². The highest BCUT2D eigenvalue weighted by molar-refractivity contribution is 5.25. The van der Waals surface area contributed by atoms with Crippen molar-refractivity contribution in [2.24, 2.45) is 0 Å². The standard InChI is InChI=1S/C8H10N4/c1-12(2)6-8-3-7(4-9)5-10-11-8/h3,5H,6H2,1-2H3. The maximum absolute atomic E-state index is 8.56. The van der Waals surface area contributed by atoms with Gasteiger partial charge in [0, 0.05) is 6.54 Å². The van der Waals surface area contributed by atoms with E-state index in [-0.39, 0.29) is 0 Å². The van der Waals surface area contributed by atoms with Crippen LogP contribution in [0.5, 0.6) is 0 Å². The van der Waals surface area contributed by atoms with Crippen molar-refractivity contribution >= 4 is 0 Å². The maximum atomic E-state index is 8.56. The van der Waals surface area contributed by atoms with Gasteiger partial charge in [0.15, 0.2) is 0 Å². The quantitative estimate of drug-likeness (QED) is 0.632. The molecule has 0 aromatic carbocycles. The van der Waals surface area contributed by atoms with Crippen molar-refractivity contribution in [2.75, 3.05) is 14.1 Å². The Hall–Kier alpha value is -1.47. The van der Waals surface area contributed by atoms with Gasteiger partial charge < -0.3 is 4.90 Å². The summed E-state index contributed by atoms with van der Waals surface area (Å²) in [5, 5.41) is 16.2. The molecule has 4 nitrogen and oxygen atoms in total. The second-order valence-corrected chi connectivity index (χ2v) is 2.79. The summed E-state index contributed by atoms with van der Waals surface area (Å²) in [4.78, 5) is 1.98. The third kappa shape index (κ3) is 2.29. The number of hydrogen-bond donors (Lipinski definition) is 0. The van der Waals surface area contributed by atoms with E-state index < -0.39 is 0 Å². The highest BCUT2D eigenvalue weighted by Crippen LogP contribution is 1.99. The minimum absolute atomic E-state index is 0.557. The molecule has 0 atom stereocenters. The van der Waals surface area contributed by atoms with Gasteiger partial charge in [-0.15, -0.1) is 0 Å². The second-order valence-electron chi connectivity index (χ2n) is 2.79. The first-order valence-corrected chi connectivity index (χ1v) is 3.59. The molecule has 0 amide bonds. The predicted octanol–water partition coefficient (Wildman–Crippen LogP) is 0.410. The topological polar surface area (TPSA) is 52.8 Å². The van der Waals surface area contributed by atoms with Crippen molar-refractivity contribution in [3.63, 3.8) is 0 Å². The van der Waals surface area contributed by atoms with E-state index in [1.165, 1.54) is 6.20 Å². The van der Waals surface area contributed by atoms with Gasteiger partial charge in [-0.1, -0.05) is 0 Å². The molecule has 0 saturated carbocycles. The summed E-state index contributed by atoms with van der Waals surface area (Å²) in [6, 6.07) is 3.76. The minimum Gasteiger partial charge on any atom is -0.304 e. The first-order valence-electron chi connectivity index (χ1n) is 3.59. The molecule has 1 aromatic heterocycles. The zero-order valence-electron chi connectivity index (χ0n) is 7.15. The largest absolute Gasteiger partial charge is 0.304 e. The number of nitrogens with zero attached hydrogens (tertiary/aromatic N) is 4. The van der Waals surface area contributed by atoms with Gasteiger partial charge in [-0.25, -0.2) is 0 Å². The van der Waals surface area contributed by atoms with E-state index in [9.17, 15) is 0 Å². The van der Waals surface area contributed by atoms with Crippen LogP contribution >= 0.6 is 0 Å². The van der Waals surface area contributed by atoms with E-state index in [2.05, 4.69) is 10.2 Å². The number of aromatic nitrogens is 2. The molecule has 0 aliphatic carbocycles. The van der Waals surface area contributed by atoms with Crippen LogP contribution in [0.25, 0.3) is 0 Å². The molecule has 0 bridgehead atoms. The normalized spacial score (nSPS) is 9.83. The molecule has 0 aliphatic rings. The maximum Gasteiger partial charge on any atom is 0.101 e. The van der Waals surface area contributed by atoms with E-state index in [0.29, 0.717) is 12.1 Å². The van der Waals surface area contributed by atoms with Crippen LogP contribution in [0, 0.1) is 11.3 Å². The number of hydrogen-bond acceptors (Lipinski definition) is 4. The molecule has 0 radical (unpaired) electrons. The molecule has 0 unspecified atom stereocenters. The van der Waals surface area contributed by atoms with Crippen LogP contribution in [0.15, 0.2) is 12.3 Å².